The van der Waals surface area contributed by atoms with E-state index in [9.17, 15) is 9.90 Å². The lowest BCUT2D eigenvalue weighted by Crippen LogP contribution is -2.00. The van der Waals surface area contributed by atoms with E-state index in [2.05, 4.69) is 29.0 Å². The second-order valence-corrected chi connectivity index (χ2v) is 3.96. The van der Waals surface area contributed by atoms with Gasteiger partial charge in [-0.25, -0.2) is 9.89 Å². The topological polar surface area (TPSA) is 81.8 Å². The van der Waals surface area contributed by atoms with Gasteiger partial charge >= 0.3 is 5.69 Å². The van der Waals surface area contributed by atoms with Gasteiger partial charge in [-0.3, -0.25) is 4.98 Å². The summed E-state index contributed by atoms with van der Waals surface area (Å²) < 4.78 is 0. The van der Waals surface area contributed by atoms with Gasteiger partial charge in [-0.1, -0.05) is 19.9 Å². The van der Waals surface area contributed by atoms with Crippen molar-refractivity contribution in [1.82, 2.24) is 15.2 Å². The van der Waals surface area contributed by atoms with Gasteiger partial charge in [0.05, 0.1) is 5.56 Å². The maximum absolute atomic E-state index is 10.9. The molecule has 1 aromatic carbocycles. The van der Waals surface area contributed by atoms with Crippen LogP contribution >= 0.6 is 0 Å². The Bertz CT molecular complexity index is 554. The Hall–Kier alpha value is -2.04. The van der Waals surface area contributed by atoms with Crippen LogP contribution in [0.25, 0.3) is 11.4 Å². The molecule has 0 radical (unpaired) electrons. The second-order valence-electron chi connectivity index (χ2n) is 3.96. The van der Waals surface area contributed by atoms with Crippen LogP contribution in [0.15, 0.2) is 23.0 Å². The Kier molecular flexibility index (Phi) is 2.52. The third kappa shape index (κ3) is 1.84. The Morgan fingerprint density at radius 1 is 1.38 bits per heavy atom. The number of aromatic hydroxyl groups is 1. The van der Waals surface area contributed by atoms with Crippen LogP contribution in [-0.4, -0.2) is 20.3 Å². The molecule has 2 rings (SSSR count). The summed E-state index contributed by atoms with van der Waals surface area (Å²) in [5.74, 6) is 0.808. The van der Waals surface area contributed by atoms with Gasteiger partial charge in [-0.2, -0.15) is 5.10 Å². The molecule has 0 atom stereocenters. The average molecular weight is 219 g/mol. The van der Waals surface area contributed by atoms with Crippen LogP contribution in [0.5, 0.6) is 5.75 Å². The Balaban J connectivity index is 2.55. The first-order valence-corrected chi connectivity index (χ1v) is 5.06. The fraction of sp³-hybridized carbons (Fsp3) is 0.273. The largest absolute Gasteiger partial charge is 0.507 e. The van der Waals surface area contributed by atoms with Crippen molar-refractivity contribution in [3.63, 3.8) is 0 Å². The van der Waals surface area contributed by atoms with Crippen LogP contribution in [0.2, 0.25) is 0 Å². The van der Waals surface area contributed by atoms with Crippen LogP contribution in [-0.2, 0) is 0 Å². The molecule has 0 aliphatic rings. The van der Waals surface area contributed by atoms with E-state index in [0.29, 0.717) is 17.3 Å². The van der Waals surface area contributed by atoms with Crippen LogP contribution in [0.1, 0.15) is 25.3 Å². The molecule has 1 aromatic heterocycles. The molecule has 0 amide bonds. The van der Waals surface area contributed by atoms with Crippen LogP contribution < -0.4 is 5.69 Å². The molecular weight excluding hydrogens is 206 g/mol. The summed E-state index contributed by atoms with van der Waals surface area (Å²) in [4.78, 5) is 13.5. The highest BCUT2D eigenvalue weighted by molar-refractivity contribution is 5.64. The lowest BCUT2D eigenvalue weighted by atomic mass is 10.00. The van der Waals surface area contributed by atoms with Gasteiger partial charge in [0.2, 0.25) is 0 Å². The lowest BCUT2D eigenvalue weighted by Gasteiger charge is -2.08. The van der Waals surface area contributed by atoms with Gasteiger partial charge in [-0.05, 0) is 23.6 Å². The number of aromatic amines is 2. The van der Waals surface area contributed by atoms with Crippen LogP contribution in [0.4, 0.5) is 0 Å². The summed E-state index contributed by atoms with van der Waals surface area (Å²) in [6.45, 7) is 4.12. The maximum Gasteiger partial charge on any atom is 0.340 e. The summed E-state index contributed by atoms with van der Waals surface area (Å²) >= 11 is 0. The average Bonchev–Trinajstić information content (AvgIpc) is 2.65. The highest BCUT2D eigenvalue weighted by atomic mass is 16.3. The van der Waals surface area contributed by atoms with Crippen molar-refractivity contribution in [2.24, 2.45) is 0 Å². The van der Waals surface area contributed by atoms with Crippen molar-refractivity contribution in [2.75, 3.05) is 0 Å². The number of H-pyrrole nitrogens is 2. The van der Waals surface area contributed by atoms with E-state index in [-0.39, 0.29) is 11.4 Å². The summed E-state index contributed by atoms with van der Waals surface area (Å²) in [5.41, 5.74) is 1.23. The van der Waals surface area contributed by atoms with Crippen molar-refractivity contribution in [2.45, 2.75) is 19.8 Å². The third-order valence-corrected chi connectivity index (χ3v) is 2.44. The molecule has 0 spiro atoms. The highest BCUT2D eigenvalue weighted by Crippen LogP contribution is 2.29. The molecule has 0 saturated carbocycles. The van der Waals surface area contributed by atoms with Crippen molar-refractivity contribution in [3.05, 3.63) is 34.2 Å². The minimum Gasteiger partial charge on any atom is -0.507 e. The number of phenols is 1. The minimum absolute atomic E-state index is 0.104. The van der Waals surface area contributed by atoms with Crippen molar-refractivity contribution >= 4 is 0 Å². The molecule has 3 N–H and O–H groups in total. The molecule has 84 valence electrons. The first-order chi connectivity index (χ1) is 7.58. The first kappa shape index (κ1) is 10.5. The number of benzene rings is 1. The maximum atomic E-state index is 10.9. The fourth-order valence-corrected chi connectivity index (χ4v) is 1.50. The van der Waals surface area contributed by atoms with Crippen molar-refractivity contribution in [3.8, 4) is 17.1 Å². The molecular formula is C11H13N3O2. The molecule has 2 aromatic rings. The number of hydrogen-bond acceptors (Lipinski definition) is 3. The predicted octanol–water partition coefficient (Wildman–Crippen LogP) is 1.59. The minimum atomic E-state index is -0.385. The van der Waals surface area contributed by atoms with Crippen LogP contribution in [0.3, 0.4) is 0 Å². The second kappa shape index (κ2) is 3.84. The van der Waals surface area contributed by atoms with E-state index >= 15 is 0 Å². The zero-order valence-corrected chi connectivity index (χ0v) is 9.11. The van der Waals surface area contributed by atoms with Gasteiger partial charge in [0.1, 0.15) is 5.75 Å². The Morgan fingerprint density at radius 2 is 2.12 bits per heavy atom. The molecule has 0 fully saturated rings. The van der Waals surface area contributed by atoms with Gasteiger partial charge in [0, 0.05) is 0 Å². The van der Waals surface area contributed by atoms with Gasteiger partial charge in [0.25, 0.3) is 0 Å². The van der Waals surface area contributed by atoms with Crippen molar-refractivity contribution in [1.29, 1.82) is 0 Å². The standard InChI is InChI=1S/C11H13N3O2/c1-6(2)7-3-4-9(15)8(5-7)10-12-11(16)14-13-10/h3-6,15H,1-2H3,(H2,12,13,14,16). The van der Waals surface area contributed by atoms with E-state index in [1.54, 1.807) is 6.07 Å². The molecule has 0 aliphatic carbocycles. The van der Waals surface area contributed by atoms with E-state index in [1.165, 1.54) is 0 Å². The smallest absolute Gasteiger partial charge is 0.340 e. The van der Waals surface area contributed by atoms with Gasteiger partial charge < -0.3 is 5.11 Å². The first-order valence-electron chi connectivity index (χ1n) is 5.06. The van der Waals surface area contributed by atoms with Gasteiger partial charge in [0.15, 0.2) is 5.82 Å². The number of hydrogen-bond donors (Lipinski definition) is 3. The SMILES string of the molecule is CC(C)c1ccc(O)c(-c2n[nH]c(=O)[nH]2)c1. The molecule has 0 unspecified atom stereocenters. The Labute approximate surface area is 92.2 Å². The van der Waals surface area contributed by atoms with E-state index in [1.807, 2.05) is 12.1 Å². The quantitative estimate of drug-likeness (QED) is 0.717. The van der Waals surface area contributed by atoms with Crippen LogP contribution in [0, 0.1) is 0 Å². The third-order valence-electron chi connectivity index (χ3n) is 2.44. The zero-order valence-electron chi connectivity index (χ0n) is 9.11. The molecule has 0 bridgehead atoms. The monoisotopic (exact) mass is 219 g/mol. The summed E-state index contributed by atoms with van der Waals surface area (Å²) in [5, 5.41) is 15.8. The van der Waals surface area contributed by atoms with E-state index in [0.717, 1.165) is 5.56 Å². The summed E-state index contributed by atoms with van der Waals surface area (Å²) in [6, 6.07) is 5.29. The zero-order chi connectivity index (χ0) is 11.7. The van der Waals surface area contributed by atoms with E-state index < -0.39 is 0 Å². The number of nitrogens with zero attached hydrogens (tertiary/aromatic N) is 1. The molecule has 1 heterocycles. The number of nitrogens with one attached hydrogen (secondary N) is 2. The number of rotatable bonds is 2. The highest BCUT2D eigenvalue weighted by Gasteiger charge is 2.10. The normalized spacial score (nSPS) is 10.9. The van der Waals surface area contributed by atoms with E-state index in [4.69, 9.17) is 0 Å². The van der Waals surface area contributed by atoms with Gasteiger partial charge in [-0.15, -0.1) is 0 Å². The lowest BCUT2D eigenvalue weighted by molar-refractivity contribution is 0.476. The molecule has 0 saturated heterocycles. The summed E-state index contributed by atoms with van der Waals surface area (Å²) in [6.07, 6.45) is 0. The predicted molar refractivity (Wildman–Crippen MR) is 60.4 cm³/mol. The molecule has 0 aliphatic heterocycles. The summed E-state index contributed by atoms with van der Waals surface area (Å²) in [7, 11) is 0. The number of aromatic nitrogens is 3. The van der Waals surface area contributed by atoms with Crippen molar-refractivity contribution < 1.29 is 5.11 Å². The molecule has 5 nitrogen and oxygen atoms in total. The fourth-order valence-electron chi connectivity index (χ4n) is 1.50. The molecule has 16 heavy (non-hydrogen) atoms. The number of phenolic OH excluding ortho intramolecular Hbond substituents is 1. The molecule has 5 heteroatoms. The Morgan fingerprint density at radius 3 is 2.69 bits per heavy atom.